The first-order chi connectivity index (χ1) is 11.0. The number of hydrogen-bond donors (Lipinski definition) is 2. The van der Waals surface area contributed by atoms with Crippen LogP contribution in [0.3, 0.4) is 0 Å². The molecule has 7 heteroatoms. The first-order valence-corrected chi connectivity index (χ1v) is 7.11. The lowest BCUT2D eigenvalue weighted by atomic mass is 10.1. The van der Waals surface area contributed by atoms with E-state index < -0.39 is 23.9 Å². The van der Waals surface area contributed by atoms with Gasteiger partial charge in [0.05, 0.1) is 17.0 Å². The number of halogens is 2. The topological polar surface area (TPSA) is 81.3 Å². The second-order valence-corrected chi connectivity index (χ2v) is 5.20. The monoisotopic (exact) mass is 335 g/mol. The highest BCUT2D eigenvalue weighted by molar-refractivity contribution is 6.31. The summed E-state index contributed by atoms with van der Waals surface area (Å²) in [6, 6.07) is 10.5. The third kappa shape index (κ3) is 4.96. The number of carbonyl (C=O) groups is 2. The third-order valence-corrected chi connectivity index (χ3v) is 3.34. The van der Waals surface area contributed by atoms with Crippen LogP contribution < -0.4 is 15.7 Å². The minimum absolute atomic E-state index is 0.0841. The maximum atomic E-state index is 13.0. The average Bonchev–Trinajstić information content (AvgIpc) is 2.51. The Morgan fingerprint density at radius 3 is 2.48 bits per heavy atom. The van der Waals surface area contributed by atoms with Crippen molar-refractivity contribution in [2.75, 3.05) is 5.32 Å². The molecule has 0 aliphatic rings. The minimum Gasteiger partial charge on any atom is -0.548 e. The second-order valence-electron chi connectivity index (χ2n) is 4.79. The number of benzene rings is 2. The Labute approximate surface area is 137 Å². The molecule has 0 aliphatic carbocycles. The summed E-state index contributed by atoms with van der Waals surface area (Å²) in [5.41, 5.74) is 0.984. The van der Waals surface area contributed by atoms with Crippen LogP contribution in [0.5, 0.6) is 0 Å². The van der Waals surface area contributed by atoms with Gasteiger partial charge in [-0.15, -0.1) is 0 Å². The molecule has 0 aromatic heterocycles. The maximum absolute atomic E-state index is 13.0. The van der Waals surface area contributed by atoms with E-state index in [-0.39, 0.29) is 17.1 Å². The maximum Gasteiger partial charge on any atom is 0.319 e. The van der Waals surface area contributed by atoms with Gasteiger partial charge in [-0.2, -0.15) is 0 Å². The molecule has 0 saturated carbocycles. The van der Waals surface area contributed by atoms with Gasteiger partial charge in [-0.3, -0.25) is 0 Å². The molecule has 0 saturated heterocycles. The zero-order valence-electron chi connectivity index (χ0n) is 11.9. The molecule has 0 unspecified atom stereocenters. The molecule has 0 aliphatic heterocycles. The van der Waals surface area contributed by atoms with E-state index in [1.54, 1.807) is 30.3 Å². The summed E-state index contributed by atoms with van der Waals surface area (Å²) in [7, 11) is 0. The van der Waals surface area contributed by atoms with Crippen LogP contribution in [0, 0.1) is 5.82 Å². The fraction of sp³-hybridized carbons (Fsp3) is 0.125. The standard InChI is InChI=1S/C16H14ClFN2O3/c17-12-9-11(6-7-13(12)18)19-16(23)20-14(15(21)22)8-10-4-2-1-3-5-10/h1-7,9,14H,8H2,(H,21,22)(H2,19,20,23)/p-1/t14-/m0/s1. The molecule has 0 spiro atoms. The van der Waals surface area contributed by atoms with Crippen LogP contribution in [0.15, 0.2) is 48.5 Å². The second kappa shape index (κ2) is 7.60. The van der Waals surface area contributed by atoms with E-state index in [9.17, 15) is 19.1 Å². The fourth-order valence-corrected chi connectivity index (χ4v) is 2.12. The molecule has 120 valence electrons. The van der Waals surface area contributed by atoms with Gasteiger partial charge in [-0.1, -0.05) is 41.9 Å². The molecule has 0 bridgehead atoms. The molecule has 0 fully saturated rings. The van der Waals surface area contributed by atoms with Gasteiger partial charge in [0.25, 0.3) is 0 Å². The van der Waals surface area contributed by atoms with Gasteiger partial charge < -0.3 is 20.5 Å². The van der Waals surface area contributed by atoms with E-state index in [0.29, 0.717) is 0 Å². The molecular formula is C16H13ClFN2O3-. The molecule has 2 aromatic carbocycles. The van der Waals surface area contributed by atoms with E-state index in [2.05, 4.69) is 10.6 Å². The minimum atomic E-state index is -1.40. The zero-order chi connectivity index (χ0) is 16.8. The number of aliphatic carboxylic acids is 1. The van der Waals surface area contributed by atoms with Gasteiger partial charge in [0.2, 0.25) is 0 Å². The van der Waals surface area contributed by atoms with Gasteiger partial charge in [-0.25, -0.2) is 9.18 Å². The normalized spacial score (nSPS) is 11.6. The highest BCUT2D eigenvalue weighted by atomic mass is 35.5. The summed E-state index contributed by atoms with van der Waals surface area (Å²) in [5, 5.41) is 15.7. The molecule has 2 amide bonds. The Kier molecular flexibility index (Phi) is 5.54. The van der Waals surface area contributed by atoms with Gasteiger partial charge >= 0.3 is 6.03 Å². The van der Waals surface area contributed by atoms with Crippen LogP contribution in [-0.4, -0.2) is 18.0 Å². The number of nitrogens with one attached hydrogen (secondary N) is 2. The predicted octanol–water partition coefficient (Wildman–Crippen LogP) is 1.96. The molecule has 0 radical (unpaired) electrons. The van der Waals surface area contributed by atoms with Crippen molar-refractivity contribution in [3.63, 3.8) is 0 Å². The van der Waals surface area contributed by atoms with Crippen molar-refractivity contribution in [2.24, 2.45) is 0 Å². The molecule has 5 nitrogen and oxygen atoms in total. The van der Waals surface area contributed by atoms with Crippen molar-refractivity contribution < 1.29 is 19.1 Å². The number of hydrogen-bond acceptors (Lipinski definition) is 3. The molecular weight excluding hydrogens is 323 g/mol. The van der Waals surface area contributed by atoms with Crippen molar-refractivity contribution >= 4 is 29.3 Å². The Morgan fingerprint density at radius 1 is 1.17 bits per heavy atom. The summed E-state index contributed by atoms with van der Waals surface area (Å²) in [4.78, 5) is 23.0. The van der Waals surface area contributed by atoms with E-state index in [4.69, 9.17) is 11.6 Å². The summed E-state index contributed by atoms with van der Waals surface area (Å²) in [5.74, 6) is -2.02. The predicted molar refractivity (Wildman–Crippen MR) is 82.5 cm³/mol. The van der Waals surface area contributed by atoms with E-state index >= 15 is 0 Å². The van der Waals surface area contributed by atoms with E-state index in [0.717, 1.165) is 11.6 Å². The summed E-state index contributed by atoms with van der Waals surface area (Å²) in [6.07, 6.45) is 0.0841. The largest absolute Gasteiger partial charge is 0.548 e. The van der Waals surface area contributed by atoms with Gasteiger partial charge in [0, 0.05) is 5.69 Å². The van der Waals surface area contributed by atoms with Crippen LogP contribution in [0.1, 0.15) is 5.56 Å². The highest BCUT2D eigenvalue weighted by Gasteiger charge is 2.14. The number of carbonyl (C=O) groups excluding carboxylic acids is 2. The summed E-state index contributed by atoms with van der Waals surface area (Å²) in [6.45, 7) is 0. The average molecular weight is 336 g/mol. The molecule has 2 rings (SSSR count). The molecule has 23 heavy (non-hydrogen) atoms. The van der Waals surface area contributed by atoms with Crippen LogP contribution >= 0.6 is 11.6 Å². The van der Waals surface area contributed by atoms with E-state index in [1.807, 2.05) is 0 Å². The molecule has 2 N–H and O–H groups in total. The van der Waals surface area contributed by atoms with Crippen LogP contribution in [0.25, 0.3) is 0 Å². The van der Waals surface area contributed by atoms with Crippen LogP contribution in [0.4, 0.5) is 14.9 Å². The number of carboxylic acid groups (broad SMARTS) is 1. The SMILES string of the molecule is O=C(Nc1ccc(F)c(Cl)c1)N[C@@H](Cc1ccccc1)C(=O)[O-]. The highest BCUT2D eigenvalue weighted by Crippen LogP contribution is 2.19. The van der Waals surface area contributed by atoms with Crippen molar-refractivity contribution in [3.8, 4) is 0 Å². The Hall–Kier alpha value is -2.60. The van der Waals surface area contributed by atoms with Gasteiger partial charge in [0.1, 0.15) is 5.82 Å². The molecule has 2 aromatic rings. The number of urea groups is 1. The smallest absolute Gasteiger partial charge is 0.319 e. The Morgan fingerprint density at radius 2 is 1.87 bits per heavy atom. The summed E-state index contributed by atoms with van der Waals surface area (Å²) < 4.78 is 13.0. The number of rotatable bonds is 5. The number of carboxylic acids is 1. The van der Waals surface area contributed by atoms with Crippen molar-refractivity contribution in [1.29, 1.82) is 0 Å². The van der Waals surface area contributed by atoms with Crippen molar-refractivity contribution in [1.82, 2.24) is 5.32 Å². The van der Waals surface area contributed by atoms with E-state index in [1.165, 1.54) is 12.1 Å². The summed E-state index contributed by atoms with van der Waals surface area (Å²) >= 11 is 5.61. The van der Waals surface area contributed by atoms with Gasteiger partial charge in [-0.05, 0) is 30.2 Å². The van der Waals surface area contributed by atoms with Crippen molar-refractivity contribution in [2.45, 2.75) is 12.5 Å². The van der Waals surface area contributed by atoms with Crippen molar-refractivity contribution in [3.05, 3.63) is 64.9 Å². The number of anilines is 1. The van der Waals surface area contributed by atoms with Crippen LogP contribution in [0.2, 0.25) is 5.02 Å². The lowest BCUT2D eigenvalue weighted by Gasteiger charge is -2.20. The fourth-order valence-electron chi connectivity index (χ4n) is 1.94. The van der Waals surface area contributed by atoms with Gasteiger partial charge in [0.15, 0.2) is 0 Å². The lowest BCUT2D eigenvalue weighted by Crippen LogP contribution is -2.50. The quantitative estimate of drug-likeness (QED) is 0.876. The third-order valence-electron chi connectivity index (χ3n) is 3.05. The van der Waals surface area contributed by atoms with Crippen LogP contribution in [-0.2, 0) is 11.2 Å². The molecule has 1 atom stereocenters. The lowest BCUT2D eigenvalue weighted by molar-refractivity contribution is -0.308. The molecule has 0 heterocycles. The first-order valence-electron chi connectivity index (χ1n) is 6.73. The zero-order valence-corrected chi connectivity index (χ0v) is 12.6. The number of amides is 2. The Bertz CT molecular complexity index is 710. The Balaban J connectivity index is 2.00. The first kappa shape index (κ1) is 16.8.